The average molecular weight is 449 g/mol. The largest absolute Gasteiger partial charge is 0.462 e. The van der Waals surface area contributed by atoms with E-state index in [4.69, 9.17) is 9.47 Å². The van der Waals surface area contributed by atoms with Gasteiger partial charge in [0.05, 0.1) is 24.3 Å². The van der Waals surface area contributed by atoms with Crippen molar-refractivity contribution < 1.29 is 19.1 Å². The van der Waals surface area contributed by atoms with Crippen molar-refractivity contribution >= 4 is 56.3 Å². The smallest absolute Gasteiger partial charge is 0.339 e. The first-order valence-corrected chi connectivity index (χ1v) is 12.2. The molecule has 0 atom stereocenters. The zero-order valence-electron chi connectivity index (χ0n) is 19.3. The number of ether oxygens (including phenoxy) is 2. The highest BCUT2D eigenvalue weighted by atomic mass is 16.5. The van der Waals surface area contributed by atoms with Gasteiger partial charge < -0.3 is 9.47 Å². The van der Waals surface area contributed by atoms with Gasteiger partial charge in [0, 0.05) is 0 Å². The van der Waals surface area contributed by atoms with E-state index < -0.39 is 11.9 Å². The highest BCUT2D eigenvalue weighted by molar-refractivity contribution is 6.28. The van der Waals surface area contributed by atoms with Crippen molar-refractivity contribution in [3.05, 3.63) is 69.0 Å². The third-order valence-corrected chi connectivity index (χ3v) is 7.75. The van der Waals surface area contributed by atoms with Gasteiger partial charge in [-0.05, 0) is 105 Å². The number of esters is 2. The van der Waals surface area contributed by atoms with Gasteiger partial charge in [0.15, 0.2) is 0 Å². The molecule has 0 spiro atoms. The Kier molecular flexibility index (Phi) is 4.03. The van der Waals surface area contributed by atoms with Gasteiger partial charge in [-0.1, -0.05) is 36.4 Å². The zero-order chi connectivity index (χ0) is 23.1. The second-order valence-electron chi connectivity index (χ2n) is 9.34. The van der Waals surface area contributed by atoms with Crippen LogP contribution in [-0.4, -0.2) is 25.2 Å². The number of allylic oxidation sites excluding steroid dienone is 6. The average Bonchev–Trinajstić information content (AvgIpc) is 2.86. The second-order valence-corrected chi connectivity index (χ2v) is 9.34. The molecular weight excluding hydrogens is 424 g/mol. The van der Waals surface area contributed by atoms with Gasteiger partial charge in [-0.3, -0.25) is 0 Å². The molecule has 0 fully saturated rings. The molecule has 0 saturated heterocycles. The Morgan fingerprint density at radius 1 is 0.676 bits per heavy atom. The highest BCUT2D eigenvalue weighted by Crippen LogP contribution is 2.53. The van der Waals surface area contributed by atoms with E-state index in [1.807, 2.05) is 6.07 Å². The van der Waals surface area contributed by atoms with E-state index in [0.29, 0.717) is 11.1 Å². The summed E-state index contributed by atoms with van der Waals surface area (Å²) in [5, 5.41) is 5.04. The summed E-state index contributed by atoms with van der Waals surface area (Å²) in [7, 11) is 0. The van der Waals surface area contributed by atoms with Crippen molar-refractivity contribution in [1.82, 2.24) is 0 Å². The van der Waals surface area contributed by atoms with E-state index in [9.17, 15) is 9.59 Å². The molecule has 0 bridgehead atoms. The molecule has 0 N–H and O–H groups in total. The van der Waals surface area contributed by atoms with E-state index in [1.165, 1.54) is 44.4 Å². The molecule has 0 unspecified atom stereocenters. The molecule has 0 amide bonds. The molecule has 168 valence electrons. The molecule has 0 radical (unpaired) electrons. The van der Waals surface area contributed by atoms with Gasteiger partial charge in [-0.2, -0.15) is 0 Å². The Labute approximate surface area is 197 Å². The number of benzene rings is 3. The van der Waals surface area contributed by atoms with E-state index in [-0.39, 0.29) is 13.2 Å². The molecule has 34 heavy (non-hydrogen) atoms. The molecule has 4 heteroatoms. The van der Waals surface area contributed by atoms with Crippen LogP contribution in [-0.2, 0) is 15.9 Å². The number of rotatable bonds is 4. The number of carbonyl (C=O) groups excluding carboxylic acids is 2. The van der Waals surface area contributed by atoms with Crippen LogP contribution in [0.4, 0.5) is 0 Å². The number of hydrogen-bond donors (Lipinski definition) is 0. The van der Waals surface area contributed by atoms with Crippen molar-refractivity contribution in [2.45, 2.75) is 39.5 Å². The topological polar surface area (TPSA) is 52.6 Å². The summed E-state index contributed by atoms with van der Waals surface area (Å²) < 4.78 is 11.0. The SMILES string of the molecule is CCOC(=O)c1c(C(=O)OCC)c2ccc3c4c5c6c7c(c1=CCC7=CCC6=CCC5=CC3)c24. The Morgan fingerprint density at radius 3 is 1.97 bits per heavy atom. The summed E-state index contributed by atoms with van der Waals surface area (Å²) in [6.07, 6.45) is 12.7. The van der Waals surface area contributed by atoms with Crippen LogP contribution in [0.3, 0.4) is 0 Å². The zero-order valence-corrected chi connectivity index (χ0v) is 19.3. The molecule has 0 aliphatic heterocycles. The van der Waals surface area contributed by atoms with Crippen LogP contribution >= 0.6 is 0 Å². The predicted molar refractivity (Wildman–Crippen MR) is 135 cm³/mol. The quantitative estimate of drug-likeness (QED) is 0.476. The molecular formula is C30H24O4. The maximum Gasteiger partial charge on any atom is 0.339 e. The Bertz CT molecular complexity index is 1640. The van der Waals surface area contributed by atoms with Crippen molar-refractivity contribution in [2.24, 2.45) is 0 Å². The van der Waals surface area contributed by atoms with E-state index >= 15 is 0 Å². The molecule has 4 aliphatic rings. The first-order chi connectivity index (χ1) is 16.6. The molecule has 0 heterocycles. The number of hydrogen-bond acceptors (Lipinski definition) is 4. The normalized spacial score (nSPS) is 16.7. The van der Waals surface area contributed by atoms with Crippen LogP contribution in [0.5, 0.6) is 0 Å². The van der Waals surface area contributed by atoms with Gasteiger partial charge in [-0.25, -0.2) is 9.59 Å². The predicted octanol–water partition coefficient (Wildman–Crippen LogP) is 5.76. The van der Waals surface area contributed by atoms with Crippen LogP contribution in [0.2, 0.25) is 0 Å². The van der Waals surface area contributed by atoms with E-state index in [2.05, 4.69) is 30.4 Å². The minimum Gasteiger partial charge on any atom is -0.462 e. The lowest BCUT2D eigenvalue weighted by atomic mass is 9.68. The first-order valence-electron chi connectivity index (χ1n) is 12.2. The molecule has 0 saturated carbocycles. The maximum atomic E-state index is 13.4. The molecule has 3 aromatic carbocycles. The minimum absolute atomic E-state index is 0.245. The maximum absolute atomic E-state index is 13.4. The van der Waals surface area contributed by atoms with E-state index in [1.54, 1.807) is 13.8 Å². The number of carbonyl (C=O) groups is 2. The Morgan fingerprint density at radius 2 is 1.26 bits per heavy atom. The van der Waals surface area contributed by atoms with Crippen LogP contribution in [0.25, 0.3) is 44.3 Å². The highest BCUT2D eigenvalue weighted by Gasteiger charge is 2.36. The lowest BCUT2D eigenvalue weighted by Gasteiger charge is -2.35. The van der Waals surface area contributed by atoms with Crippen LogP contribution < -0.4 is 5.22 Å². The first kappa shape index (κ1) is 19.8. The van der Waals surface area contributed by atoms with E-state index in [0.717, 1.165) is 47.1 Å². The third-order valence-electron chi connectivity index (χ3n) is 7.75. The van der Waals surface area contributed by atoms with Crippen LogP contribution in [0, 0.1) is 0 Å². The second kappa shape index (κ2) is 6.92. The summed E-state index contributed by atoms with van der Waals surface area (Å²) in [6.45, 7) is 4.07. The summed E-state index contributed by atoms with van der Waals surface area (Å²) in [6, 6.07) is 4.13. The summed E-state index contributed by atoms with van der Waals surface area (Å²) in [4.78, 5) is 26.7. The standard InChI is InChI=1S/C30H24O4/c1-3-33-29(31)27-19-13-11-17-9-7-15-5-6-16-8-10-18-12-14-20(28(27)30(32)34-4-2)26-24(18)22(16)21(15)23(17)25(19)26/h5,8-9,12-14H,3-4,6-7,10-11H2,1-2H3. The summed E-state index contributed by atoms with van der Waals surface area (Å²) in [5.74, 6) is -0.927. The molecule has 3 aromatic rings. The molecule has 7 rings (SSSR count). The third kappa shape index (κ3) is 2.33. The molecule has 0 aromatic heterocycles. The monoisotopic (exact) mass is 448 g/mol. The van der Waals surface area contributed by atoms with Gasteiger partial charge in [-0.15, -0.1) is 0 Å². The summed E-state index contributed by atoms with van der Waals surface area (Å²) in [5.41, 5.74) is 9.95. The van der Waals surface area contributed by atoms with Crippen LogP contribution in [0.15, 0.2) is 30.4 Å². The summed E-state index contributed by atoms with van der Waals surface area (Å²) >= 11 is 0. The van der Waals surface area contributed by atoms with Gasteiger partial charge >= 0.3 is 11.9 Å². The minimum atomic E-state index is -0.465. The van der Waals surface area contributed by atoms with Crippen molar-refractivity contribution in [1.29, 1.82) is 0 Å². The molecule has 4 nitrogen and oxygen atoms in total. The fraction of sp³-hybridized carbons (Fsp3) is 0.267. The van der Waals surface area contributed by atoms with Crippen molar-refractivity contribution in [3.8, 4) is 0 Å². The van der Waals surface area contributed by atoms with Gasteiger partial charge in [0.25, 0.3) is 0 Å². The van der Waals surface area contributed by atoms with Crippen molar-refractivity contribution in [2.75, 3.05) is 13.2 Å². The van der Waals surface area contributed by atoms with Gasteiger partial charge in [0.2, 0.25) is 0 Å². The van der Waals surface area contributed by atoms with Crippen LogP contribution in [0.1, 0.15) is 76.1 Å². The fourth-order valence-electron chi connectivity index (χ4n) is 6.51. The Balaban J connectivity index is 1.78. The molecule has 4 aliphatic carbocycles. The lowest BCUT2D eigenvalue weighted by molar-refractivity contribution is 0.0480. The Hall–Kier alpha value is -3.66. The van der Waals surface area contributed by atoms with Gasteiger partial charge in [0.1, 0.15) is 0 Å². The fourth-order valence-corrected chi connectivity index (χ4v) is 6.51. The lowest BCUT2D eigenvalue weighted by Crippen LogP contribution is -2.28. The van der Waals surface area contributed by atoms with Crippen molar-refractivity contribution in [3.63, 3.8) is 0 Å².